The Balaban J connectivity index is 1.41. The van der Waals surface area contributed by atoms with Crippen molar-refractivity contribution in [3.05, 3.63) is 108 Å². The molecule has 0 unspecified atom stereocenters. The van der Waals surface area contributed by atoms with E-state index >= 15 is 0 Å². The second-order valence-corrected chi connectivity index (χ2v) is 7.29. The second-order valence-electron chi connectivity index (χ2n) is 7.29. The zero-order valence-electron chi connectivity index (χ0n) is 17.0. The average molecular weight is 421 g/mol. The highest BCUT2D eigenvalue weighted by Gasteiger charge is 2.25. The Morgan fingerprint density at radius 3 is 2.41 bits per heavy atom. The fourth-order valence-corrected chi connectivity index (χ4v) is 3.60. The number of fused-ring (bicyclic) bond motifs is 2. The van der Waals surface area contributed by atoms with Crippen LogP contribution in [0.4, 0.5) is 22.9 Å². The standard InChI is InChI=1S/C25H19N5O2/c31-24(21-10-5-6-14-26-21)29-23-13-12-17(15-27-23)25(32)30-16-18-7-1-2-8-19(18)28-20-9-3-4-11-22(20)30/h1-15,28H,16H2,(H,27,29,31). The summed E-state index contributed by atoms with van der Waals surface area (Å²) in [6.45, 7) is 0.428. The third-order valence-corrected chi connectivity index (χ3v) is 5.20. The first-order valence-electron chi connectivity index (χ1n) is 10.1. The van der Waals surface area contributed by atoms with Gasteiger partial charge in [0.05, 0.1) is 23.5 Å². The average Bonchev–Trinajstić information content (AvgIpc) is 3.01. The van der Waals surface area contributed by atoms with Crippen LogP contribution in [-0.4, -0.2) is 21.8 Å². The van der Waals surface area contributed by atoms with Crippen LogP contribution in [0.2, 0.25) is 0 Å². The highest BCUT2D eigenvalue weighted by molar-refractivity contribution is 6.08. The number of hydrogen-bond donors (Lipinski definition) is 2. The molecule has 2 aromatic carbocycles. The minimum atomic E-state index is -0.360. The van der Waals surface area contributed by atoms with Gasteiger partial charge >= 0.3 is 0 Å². The molecule has 156 valence electrons. The summed E-state index contributed by atoms with van der Waals surface area (Å²) in [5.74, 6) is -0.187. The molecule has 0 atom stereocenters. The lowest BCUT2D eigenvalue weighted by Crippen LogP contribution is -2.30. The van der Waals surface area contributed by atoms with Crippen molar-refractivity contribution >= 4 is 34.7 Å². The number of rotatable bonds is 3. The van der Waals surface area contributed by atoms with Crippen LogP contribution in [0.5, 0.6) is 0 Å². The zero-order valence-corrected chi connectivity index (χ0v) is 17.0. The molecular formula is C25H19N5O2. The van der Waals surface area contributed by atoms with E-state index in [1.165, 1.54) is 6.20 Å². The lowest BCUT2D eigenvalue weighted by molar-refractivity contribution is 0.0984. The minimum absolute atomic E-state index is 0.175. The maximum Gasteiger partial charge on any atom is 0.275 e. The molecule has 0 spiro atoms. The van der Waals surface area contributed by atoms with Gasteiger partial charge in [-0.15, -0.1) is 0 Å². The number of anilines is 4. The first-order valence-corrected chi connectivity index (χ1v) is 10.1. The maximum atomic E-state index is 13.4. The first-order chi connectivity index (χ1) is 15.7. The molecule has 0 bridgehead atoms. The van der Waals surface area contributed by atoms with Crippen molar-refractivity contribution in [3.8, 4) is 0 Å². The van der Waals surface area contributed by atoms with Crippen LogP contribution in [-0.2, 0) is 6.54 Å². The molecule has 3 heterocycles. The number of nitrogens with zero attached hydrogens (tertiary/aromatic N) is 3. The minimum Gasteiger partial charge on any atom is -0.354 e. The molecule has 0 saturated heterocycles. The van der Waals surface area contributed by atoms with E-state index in [-0.39, 0.29) is 11.8 Å². The van der Waals surface area contributed by atoms with Gasteiger partial charge in [0, 0.05) is 18.1 Å². The summed E-state index contributed by atoms with van der Waals surface area (Å²) in [5, 5.41) is 6.12. The largest absolute Gasteiger partial charge is 0.354 e. The van der Waals surface area contributed by atoms with Crippen LogP contribution in [0.25, 0.3) is 0 Å². The maximum absolute atomic E-state index is 13.4. The van der Waals surface area contributed by atoms with Crippen LogP contribution < -0.4 is 15.5 Å². The third kappa shape index (κ3) is 3.79. The normalized spacial score (nSPS) is 12.1. The van der Waals surface area contributed by atoms with E-state index in [1.807, 2.05) is 48.5 Å². The SMILES string of the molecule is O=C(Nc1ccc(C(=O)N2Cc3ccccc3Nc3ccccc32)cn1)c1ccccn1. The Hall–Kier alpha value is -4.52. The van der Waals surface area contributed by atoms with E-state index in [4.69, 9.17) is 0 Å². The van der Waals surface area contributed by atoms with Crippen LogP contribution in [0.1, 0.15) is 26.4 Å². The van der Waals surface area contributed by atoms with Crippen LogP contribution in [0.15, 0.2) is 91.3 Å². The first kappa shape index (κ1) is 19.4. The van der Waals surface area contributed by atoms with Gasteiger partial charge in [0.25, 0.3) is 11.8 Å². The number of hydrogen-bond acceptors (Lipinski definition) is 5. The monoisotopic (exact) mass is 421 g/mol. The number of para-hydroxylation sites is 3. The summed E-state index contributed by atoms with van der Waals surface area (Å²) >= 11 is 0. The fourth-order valence-electron chi connectivity index (χ4n) is 3.60. The third-order valence-electron chi connectivity index (χ3n) is 5.20. The van der Waals surface area contributed by atoms with Crippen molar-refractivity contribution in [2.45, 2.75) is 6.54 Å². The Kier molecular flexibility index (Phi) is 5.05. The lowest BCUT2D eigenvalue weighted by atomic mass is 10.1. The van der Waals surface area contributed by atoms with Crippen LogP contribution in [0, 0.1) is 0 Å². The lowest BCUT2D eigenvalue weighted by Gasteiger charge is -2.22. The van der Waals surface area contributed by atoms with Crippen molar-refractivity contribution < 1.29 is 9.59 Å². The molecule has 7 heteroatoms. The van der Waals surface area contributed by atoms with Crippen molar-refractivity contribution in [2.24, 2.45) is 0 Å². The molecule has 7 nitrogen and oxygen atoms in total. The molecule has 2 aromatic heterocycles. The van der Waals surface area contributed by atoms with Crippen molar-refractivity contribution in [3.63, 3.8) is 0 Å². The van der Waals surface area contributed by atoms with Gasteiger partial charge < -0.3 is 15.5 Å². The number of carbonyl (C=O) groups is 2. The molecule has 0 fully saturated rings. The summed E-state index contributed by atoms with van der Waals surface area (Å²) in [6, 6.07) is 24.0. The molecule has 1 aliphatic heterocycles. The van der Waals surface area contributed by atoms with Crippen molar-refractivity contribution in [1.82, 2.24) is 9.97 Å². The van der Waals surface area contributed by atoms with Gasteiger partial charge in [0.1, 0.15) is 11.5 Å². The van der Waals surface area contributed by atoms with E-state index < -0.39 is 0 Å². The molecule has 5 rings (SSSR count). The number of amides is 2. The number of carbonyl (C=O) groups excluding carboxylic acids is 2. The zero-order chi connectivity index (χ0) is 21.9. The topological polar surface area (TPSA) is 87.2 Å². The number of pyridine rings is 2. The Morgan fingerprint density at radius 1 is 0.844 bits per heavy atom. The van der Waals surface area contributed by atoms with Crippen molar-refractivity contribution in [1.29, 1.82) is 0 Å². The van der Waals surface area contributed by atoms with Gasteiger partial charge in [-0.1, -0.05) is 36.4 Å². The molecule has 32 heavy (non-hydrogen) atoms. The van der Waals surface area contributed by atoms with Crippen LogP contribution in [0.3, 0.4) is 0 Å². The molecule has 0 saturated carbocycles. The second kappa shape index (κ2) is 8.31. The Morgan fingerprint density at radius 2 is 1.62 bits per heavy atom. The summed E-state index contributed by atoms with van der Waals surface area (Å²) in [6.07, 6.45) is 3.03. The van der Waals surface area contributed by atoms with Gasteiger partial charge in [0.2, 0.25) is 0 Å². The summed E-state index contributed by atoms with van der Waals surface area (Å²) in [4.78, 5) is 35.7. The van der Waals surface area contributed by atoms with E-state index in [0.29, 0.717) is 23.6 Å². The van der Waals surface area contributed by atoms with Crippen molar-refractivity contribution in [2.75, 3.05) is 15.5 Å². The number of benzene rings is 2. The Labute approximate surface area is 184 Å². The summed E-state index contributed by atoms with van der Waals surface area (Å²) in [5.41, 5.74) is 4.36. The highest BCUT2D eigenvalue weighted by Crippen LogP contribution is 2.36. The number of aromatic nitrogens is 2. The highest BCUT2D eigenvalue weighted by atomic mass is 16.2. The predicted molar refractivity (Wildman–Crippen MR) is 123 cm³/mol. The molecule has 2 N–H and O–H groups in total. The van der Waals surface area contributed by atoms with E-state index in [0.717, 1.165) is 22.6 Å². The summed E-state index contributed by atoms with van der Waals surface area (Å²) in [7, 11) is 0. The van der Waals surface area contributed by atoms with E-state index in [1.54, 1.807) is 41.4 Å². The molecule has 0 aliphatic carbocycles. The van der Waals surface area contributed by atoms with E-state index in [9.17, 15) is 9.59 Å². The molecule has 4 aromatic rings. The van der Waals surface area contributed by atoms with Gasteiger partial charge in [-0.3, -0.25) is 14.6 Å². The van der Waals surface area contributed by atoms with Gasteiger partial charge in [-0.05, 0) is 48.0 Å². The van der Waals surface area contributed by atoms with Gasteiger partial charge in [-0.25, -0.2) is 4.98 Å². The number of nitrogens with one attached hydrogen (secondary N) is 2. The van der Waals surface area contributed by atoms with Gasteiger partial charge in [0.15, 0.2) is 0 Å². The molecule has 0 radical (unpaired) electrons. The van der Waals surface area contributed by atoms with Gasteiger partial charge in [-0.2, -0.15) is 0 Å². The predicted octanol–water partition coefficient (Wildman–Crippen LogP) is 4.63. The fraction of sp³-hybridized carbons (Fsp3) is 0.0400. The van der Waals surface area contributed by atoms with E-state index in [2.05, 4.69) is 20.6 Å². The molecular weight excluding hydrogens is 402 g/mol. The molecule has 2 amide bonds. The molecule has 1 aliphatic rings. The Bertz CT molecular complexity index is 1290. The smallest absolute Gasteiger partial charge is 0.275 e. The summed E-state index contributed by atoms with van der Waals surface area (Å²) < 4.78 is 0. The van der Waals surface area contributed by atoms with Crippen LogP contribution >= 0.6 is 0 Å². The quantitative estimate of drug-likeness (QED) is 0.504.